The average molecular weight is 250 g/mol. The molecule has 18 heavy (non-hydrogen) atoms. The summed E-state index contributed by atoms with van der Waals surface area (Å²) in [4.78, 5) is 29.7. The van der Waals surface area contributed by atoms with Crippen LogP contribution in [0.2, 0.25) is 0 Å². The summed E-state index contributed by atoms with van der Waals surface area (Å²) in [5, 5.41) is 0. The molecule has 0 saturated carbocycles. The first-order chi connectivity index (χ1) is 8.65. The van der Waals surface area contributed by atoms with Crippen LogP contribution < -0.4 is 11.2 Å². The van der Waals surface area contributed by atoms with E-state index in [2.05, 4.69) is 16.9 Å². The fourth-order valence-electron chi connectivity index (χ4n) is 2.06. The summed E-state index contributed by atoms with van der Waals surface area (Å²) in [5.41, 5.74) is 0.137. The van der Waals surface area contributed by atoms with Gasteiger partial charge in [0.15, 0.2) is 11.2 Å². The van der Waals surface area contributed by atoms with E-state index in [1.165, 1.54) is 17.4 Å². The minimum Gasteiger partial charge on any atom is -0.325 e. The zero-order valence-electron chi connectivity index (χ0n) is 10.8. The normalized spacial score (nSPS) is 11.2. The molecule has 2 rings (SSSR count). The van der Waals surface area contributed by atoms with Crippen LogP contribution in [0.3, 0.4) is 0 Å². The Bertz CT molecular complexity index is 650. The minimum absolute atomic E-state index is 0.360. The van der Waals surface area contributed by atoms with Crippen molar-refractivity contribution >= 4 is 11.2 Å². The average Bonchev–Trinajstić information content (AvgIpc) is 2.76. The lowest BCUT2D eigenvalue weighted by atomic mass is 10.2. The number of imidazole rings is 1. The molecule has 2 aromatic rings. The molecule has 98 valence electrons. The summed E-state index contributed by atoms with van der Waals surface area (Å²) in [7, 11) is 1.61. The monoisotopic (exact) mass is 250 g/mol. The maximum Gasteiger partial charge on any atom is 0.329 e. The first kappa shape index (κ1) is 12.6. The molecule has 0 saturated heterocycles. The minimum atomic E-state index is -0.427. The van der Waals surface area contributed by atoms with E-state index in [4.69, 9.17) is 0 Å². The molecule has 0 aliphatic heterocycles. The molecule has 0 fully saturated rings. The summed E-state index contributed by atoms with van der Waals surface area (Å²) in [5.74, 6) is 0. The number of hydrogen-bond donors (Lipinski definition) is 1. The van der Waals surface area contributed by atoms with Crippen molar-refractivity contribution in [3.05, 3.63) is 27.2 Å². The standard InChI is InChI=1S/C12H18N4O2/c1-3-4-5-6-7-16-8-13-10-9(16)11(17)14-12(18)15(10)2/h8H,3-7H2,1-2H3,(H,14,17,18). The first-order valence-electron chi connectivity index (χ1n) is 6.29. The van der Waals surface area contributed by atoms with E-state index in [9.17, 15) is 9.59 Å². The van der Waals surface area contributed by atoms with Crippen LogP contribution in [-0.4, -0.2) is 19.1 Å². The molecule has 0 amide bonds. The molecule has 0 radical (unpaired) electrons. The fraction of sp³-hybridized carbons (Fsp3) is 0.583. The highest BCUT2D eigenvalue weighted by Crippen LogP contribution is 2.07. The van der Waals surface area contributed by atoms with E-state index in [0.717, 1.165) is 19.4 Å². The number of nitrogens with zero attached hydrogens (tertiary/aromatic N) is 3. The Balaban J connectivity index is 2.33. The van der Waals surface area contributed by atoms with E-state index < -0.39 is 5.69 Å². The van der Waals surface area contributed by atoms with E-state index >= 15 is 0 Å². The molecule has 0 bridgehead atoms. The Morgan fingerprint density at radius 1 is 1.28 bits per heavy atom. The smallest absolute Gasteiger partial charge is 0.325 e. The maximum absolute atomic E-state index is 11.8. The number of unbranched alkanes of at least 4 members (excludes halogenated alkanes) is 3. The highest BCUT2D eigenvalue weighted by atomic mass is 16.2. The van der Waals surface area contributed by atoms with Crippen LogP contribution in [0.1, 0.15) is 32.6 Å². The Kier molecular flexibility index (Phi) is 3.64. The first-order valence-corrected chi connectivity index (χ1v) is 6.29. The SMILES string of the molecule is CCCCCCn1cnc2c1c(=O)[nH]c(=O)n2C. The van der Waals surface area contributed by atoms with Gasteiger partial charge >= 0.3 is 5.69 Å². The van der Waals surface area contributed by atoms with Gasteiger partial charge < -0.3 is 4.57 Å². The van der Waals surface area contributed by atoms with Gasteiger partial charge in [-0.2, -0.15) is 0 Å². The zero-order chi connectivity index (χ0) is 13.1. The fourth-order valence-corrected chi connectivity index (χ4v) is 2.06. The van der Waals surface area contributed by atoms with E-state index in [-0.39, 0.29) is 5.56 Å². The van der Waals surface area contributed by atoms with Crippen LogP contribution in [0.5, 0.6) is 0 Å². The summed E-state index contributed by atoms with van der Waals surface area (Å²) >= 11 is 0. The Morgan fingerprint density at radius 3 is 2.78 bits per heavy atom. The van der Waals surface area contributed by atoms with Crippen molar-refractivity contribution in [2.45, 2.75) is 39.2 Å². The van der Waals surface area contributed by atoms with E-state index in [0.29, 0.717) is 11.2 Å². The molecule has 1 N–H and O–H groups in total. The number of aryl methyl sites for hydroxylation is 2. The van der Waals surface area contributed by atoms with Gasteiger partial charge in [0.1, 0.15) is 0 Å². The molecule has 0 unspecified atom stereocenters. The molecule has 6 heteroatoms. The third kappa shape index (κ3) is 2.23. The predicted octanol–water partition coefficient (Wildman–Crippen LogP) is 1.00. The molecular weight excluding hydrogens is 232 g/mol. The van der Waals surface area contributed by atoms with Crippen molar-refractivity contribution in [3.8, 4) is 0 Å². The van der Waals surface area contributed by atoms with Gasteiger partial charge in [-0.05, 0) is 6.42 Å². The van der Waals surface area contributed by atoms with Crippen molar-refractivity contribution in [3.63, 3.8) is 0 Å². The van der Waals surface area contributed by atoms with Crippen LogP contribution in [0, 0.1) is 0 Å². The summed E-state index contributed by atoms with van der Waals surface area (Å²) in [6.07, 6.45) is 6.16. The Hall–Kier alpha value is -1.85. The second-order valence-corrected chi connectivity index (χ2v) is 4.49. The number of fused-ring (bicyclic) bond motifs is 1. The second kappa shape index (κ2) is 5.20. The Morgan fingerprint density at radius 2 is 2.06 bits per heavy atom. The van der Waals surface area contributed by atoms with Gasteiger partial charge in [-0.25, -0.2) is 9.78 Å². The van der Waals surface area contributed by atoms with Gasteiger partial charge in [0.2, 0.25) is 0 Å². The van der Waals surface area contributed by atoms with Crippen molar-refractivity contribution in [1.29, 1.82) is 0 Å². The molecule has 0 atom stereocenters. The van der Waals surface area contributed by atoms with Crippen molar-refractivity contribution in [2.24, 2.45) is 7.05 Å². The molecule has 0 aromatic carbocycles. The summed E-state index contributed by atoms with van der Waals surface area (Å²) in [6.45, 7) is 2.92. The molecule has 6 nitrogen and oxygen atoms in total. The third-order valence-corrected chi connectivity index (χ3v) is 3.13. The largest absolute Gasteiger partial charge is 0.329 e. The highest BCUT2D eigenvalue weighted by molar-refractivity contribution is 5.69. The van der Waals surface area contributed by atoms with Crippen LogP contribution in [0.4, 0.5) is 0 Å². The van der Waals surface area contributed by atoms with Crippen LogP contribution >= 0.6 is 0 Å². The van der Waals surface area contributed by atoms with Crippen molar-refractivity contribution in [1.82, 2.24) is 19.1 Å². The topological polar surface area (TPSA) is 72.7 Å². The molecule has 0 aliphatic carbocycles. The van der Waals surface area contributed by atoms with Gasteiger partial charge in [0.25, 0.3) is 5.56 Å². The summed E-state index contributed by atoms with van der Waals surface area (Å²) < 4.78 is 3.18. The molecule has 2 aromatic heterocycles. The number of nitrogens with one attached hydrogen (secondary N) is 1. The zero-order valence-corrected chi connectivity index (χ0v) is 10.8. The highest BCUT2D eigenvalue weighted by Gasteiger charge is 2.10. The number of aromatic nitrogens is 4. The van der Waals surface area contributed by atoms with Gasteiger partial charge in [-0.15, -0.1) is 0 Å². The second-order valence-electron chi connectivity index (χ2n) is 4.49. The van der Waals surface area contributed by atoms with Gasteiger partial charge in [0, 0.05) is 13.6 Å². The predicted molar refractivity (Wildman–Crippen MR) is 69.7 cm³/mol. The molecule has 2 heterocycles. The number of aromatic amines is 1. The quantitative estimate of drug-likeness (QED) is 0.805. The van der Waals surface area contributed by atoms with Crippen LogP contribution in [0.15, 0.2) is 15.9 Å². The van der Waals surface area contributed by atoms with E-state index in [1.807, 2.05) is 4.57 Å². The van der Waals surface area contributed by atoms with Crippen molar-refractivity contribution in [2.75, 3.05) is 0 Å². The number of H-pyrrole nitrogens is 1. The third-order valence-electron chi connectivity index (χ3n) is 3.13. The van der Waals surface area contributed by atoms with Crippen molar-refractivity contribution < 1.29 is 0 Å². The van der Waals surface area contributed by atoms with Crippen LogP contribution in [-0.2, 0) is 13.6 Å². The molecular formula is C12H18N4O2. The Labute approximate surface area is 104 Å². The van der Waals surface area contributed by atoms with Crippen LogP contribution in [0.25, 0.3) is 11.2 Å². The molecule has 0 aliphatic rings. The maximum atomic E-state index is 11.8. The van der Waals surface area contributed by atoms with Gasteiger partial charge in [0.05, 0.1) is 6.33 Å². The van der Waals surface area contributed by atoms with Gasteiger partial charge in [-0.3, -0.25) is 14.3 Å². The number of hydrogen-bond acceptors (Lipinski definition) is 3. The number of rotatable bonds is 5. The lowest BCUT2D eigenvalue weighted by molar-refractivity contribution is 0.590. The lowest BCUT2D eigenvalue weighted by Gasteiger charge is -2.03. The molecule has 0 spiro atoms. The van der Waals surface area contributed by atoms with Gasteiger partial charge in [-0.1, -0.05) is 26.2 Å². The lowest BCUT2D eigenvalue weighted by Crippen LogP contribution is -2.29. The summed E-state index contributed by atoms with van der Waals surface area (Å²) in [6, 6.07) is 0. The van der Waals surface area contributed by atoms with E-state index in [1.54, 1.807) is 13.4 Å².